The Hall–Kier alpha value is -1.29. The predicted octanol–water partition coefficient (Wildman–Crippen LogP) is 5.08. The average molecular weight is 354 g/mol. The summed E-state index contributed by atoms with van der Waals surface area (Å²) in [4.78, 5) is 14.6. The van der Waals surface area contributed by atoms with E-state index in [1.807, 2.05) is 30.3 Å². The van der Waals surface area contributed by atoms with Crippen molar-refractivity contribution in [2.75, 3.05) is 19.6 Å². The highest BCUT2D eigenvalue weighted by atomic mass is 35.5. The van der Waals surface area contributed by atoms with E-state index in [0.29, 0.717) is 23.0 Å². The molecule has 0 N–H and O–H groups in total. The standard InChI is InChI=1S/C18H20ClNO2.ClH/c19-15-6-4-14(5-7-15)17-8-9-18(22-17)16(21)10-13-20-11-2-1-3-12-20;/h4-9H,1-3,10-13H2;1H. The number of nitrogens with zero attached hydrogens (tertiary/aromatic N) is 1. The summed E-state index contributed by atoms with van der Waals surface area (Å²) in [6, 6.07) is 11.0. The smallest absolute Gasteiger partial charge is 0.199 e. The van der Waals surface area contributed by atoms with Gasteiger partial charge in [0.2, 0.25) is 0 Å². The summed E-state index contributed by atoms with van der Waals surface area (Å²) in [5.74, 6) is 1.23. The second-order valence-corrected chi connectivity index (χ2v) is 6.18. The molecule has 0 atom stereocenters. The Bertz CT molecular complexity index is 631. The molecule has 1 aromatic heterocycles. The van der Waals surface area contributed by atoms with E-state index in [1.165, 1.54) is 19.3 Å². The average Bonchev–Trinajstić information content (AvgIpc) is 3.04. The van der Waals surface area contributed by atoms with Gasteiger partial charge in [-0.25, -0.2) is 0 Å². The zero-order valence-corrected chi connectivity index (χ0v) is 14.5. The Morgan fingerprint density at radius 2 is 1.74 bits per heavy atom. The fraction of sp³-hybridized carbons (Fsp3) is 0.389. The van der Waals surface area contributed by atoms with Crippen LogP contribution < -0.4 is 0 Å². The van der Waals surface area contributed by atoms with Crippen molar-refractivity contribution in [3.05, 3.63) is 47.2 Å². The van der Waals surface area contributed by atoms with Gasteiger partial charge in [0.1, 0.15) is 5.76 Å². The van der Waals surface area contributed by atoms with Crippen molar-refractivity contribution in [3.63, 3.8) is 0 Å². The number of piperidine rings is 1. The van der Waals surface area contributed by atoms with Crippen molar-refractivity contribution in [1.29, 1.82) is 0 Å². The predicted molar refractivity (Wildman–Crippen MR) is 95.6 cm³/mol. The maximum atomic E-state index is 12.2. The van der Waals surface area contributed by atoms with Crippen LogP contribution in [0, 0.1) is 0 Å². The van der Waals surface area contributed by atoms with E-state index >= 15 is 0 Å². The van der Waals surface area contributed by atoms with E-state index in [1.54, 1.807) is 6.07 Å². The summed E-state index contributed by atoms with van der Waals surface area (Å²) in [6.45, 7) is 3.05. The van der Waals surface area contributed by atoms with Gasteiger partial charge < -0.3 is 9.32 Å². The summed E-state index contributed by atoms with van der Waals surface area (Å²) in [5, 5.41) is 0.688. The Balaban J connectivity index is 0.00000192. The molecule has 0 radical (unpaired) electrons. The van der Waals surface area contributed by atoms with Crippen LogP contribution in [-0.2, 0) is 0 Å². The van der Waals surface area contributed by atoms with Gasteiger partial charge in [-0.05, 0) is 62.3 Å². The topological polar surface area (TPSA) is 33.5 Å². The number of ketones is 1. The fourth-order valence-corrected chi connectivity index (χ4v) is 2.95. The maximum Gasteiger partial charge on any atom is 0.199 e. The third-order valence-electron chi connectivity index (χ3n) is 4.11. The normalized spacial score (nSPS) is 15.2. The third kappa shape index (κ3) is 4.84. The molecule has 0 unspecified atom stereocenters. The van der Waals surface area contributed by atoms with Crippen molar-refractivity contribution < 1.29 is 9.21 Å². The van der Waals surface area contributed by atoms with Gasteiger partial charge in [0.05, 0.1) is 0 Å². The fourth-order valence-electron chi connectivity index (χ4n) is 2.82. The minimum atomic E-state index is 0. The molecule has 1 fully saturated rings. The van der Waals surface area contributed by atoms with Crippen LogP contribution in [0.3, 0.4) is 0 Å². The highest BCUT2D eigenvalue weighted by molar-refractivity contribution is 6.30. The molecule has 5 heteroatoms. The molecule has 3 rings (SSSR count). The van der Waals surface area contributed by atoms with Crippen LogP contribution in [-0.4, -0.2) is 30.3 Å². The van der Waals surface area contributed by atoms with E-state index in [9.17, 15) is 4.79 Å². The first-order valence-electron chi connectivity index (χ1n) is 7.84. The summed E-state index contributed by atoms with van der Waals surface area (Å²) in [7, 11) is 0. The summed E-state index contributed by atoms with van der Waals surface area (Å²) in [5.41, 5.74) is 0.930. The monoisotopic (exact) mass is 353 g/mol. The number of likely N-dealkylation sites (tertiary alicyclic amines) is 1. The van der Waals surface area contributed by atoms with Gasteiger partial charge in [-0.2, -0.15) is 0 Å². The minimum absolute atomic E-state index is 0. The second kappa shape index (κ2) is 8.53. The first kappa shape index (κ1) is 18.1. The Morgan fingerprint density at radius 1 is 1.04 bits per heavy atom. The SMILES string of the molecule is Cl.O=C(CCN1CCCCC1)c1ccc(-c2ccc(Cl)cc2)o1. The van der Waals surface area contributed by atoms with E-state index < -0.39 is 0 Å². The quantitative estimate of drug-likeness (QED) is 0.702. The molecule has 0 amide bonds. The molecule has 1 aromatic carbocycles. The Labute approximate surface area is 148 Å². The molecule has 0 spiro atoms. The molecular formula is C18H21Cl2NO2. The van der Waals surface area contributed by atoms with E-state index in [4.69, 9.17) is 16.0 Å². The van der Waals surface area contributed by atoms with Crippen LogP contribution in [0.15, 0.2) is 40.8 Å². The molecule has 0 bridgehead atoms. The highest BCUT2D eigenvalue weighted by Crippen LogP contribution is 2.24. The van der Waals surface area contributed by atoms with Crippen LogP contribution in [0.1, 0.15) is 36.2 Å². The molecule has 0 saturated carbocycles. The number of carbonyl (C=O) groups is 1. The summed E-state index contributed by atoms with van der Waals surface area (Å²) >= 11 is 5.88. The minimum Gasteiger partial charge on any atom is -0.453 e. The number of Topliss-reactive ketones (excluding diaryl/α,β-unsaturated/α-hetero) is 1. The Morgan fingerprint density at radius 3 is 2.43 bits per heavy atom. The van der Waals surface area contributed by atoms with Crippen molar-refractivity contribution in [2.45, 2.75) is 25.7 Å². The lowest BCUT2D eigenvalue weighted by Gasteiger charge is -2.25. The van der Waals surface area contributed by atoms with E-state index in [2.05, 4.69) is 4.90 Å². The van der Waals surface area contributed by atoms with Crippen LogP contribution in [0.25, 0.3) is 11.3 Å². The first-order chi connectivity index (χ1) is 10.7. The lowest BCUT2D eigenvalue weighted by molar-refractivity contribution is 0.0932. The molecule has 1 aliphatic rings. The molecule has 2 aromatic rings. The van der Waals surface area contributed by atoms with Gasteiger partial charge >= 0.3 is 0 Å². The van der Waals surface area contributed by atoms with Crippen molar-refractivity contribution in [2.24, 2.45) is 0 Å². The molecule has 23 heavy (non-hydrogen) atoms. The van der Waals surface area contributed by atoms with Crippen LogP contribution >= 0.6 is 24.0 Å². The van der Waals surface area contributed by atoms with Crippen molar-refractivity contribution in [3.8, 4) is 11.3 Å². The summed E-state index contributed by atoms with van der Waals surface area (Å²) in [6.07, 6.45) is 4.33. The van der Waals surface area contributed by atoms with Crippen LogP contribution in [0.5, 0.6) is 0 Å². The molecule has 2 heterocycles. The number of furan rings is 1. The van der Waals surface area contributed by atoms with Crippen molar-refractivity contribution in [1.82, 2.24) is 4.90 Å². The van der Waals surface area contributed by atoms with Gasteiger partial charge in [0.25, 0.3) is 0 Å². The number of hydrogen-bond donors (Lipinski definition) is 0. The molecule has 0 aliphatic carbocycles. The molecular weight excluding hydrogens is 333 g/mol. The van der Waals surface area contributed by atoms with Crippen molar-refractivity contribution >= 4 is 29.8 Å². The highest BCUT2D eigenvalue weighted by Gasteiger charge is 2.15. The molecule has 124 valence electrons. The number of carbonyl (C=O) groups excluding carboxylic acids is 1. The molecule has 3 nitrogen and oxygen atoms in total. The van der Waals surface area contributed by atoms with Gasteiger partial charge in [-0.15, -0.1) is 12.4 Å². The number of halogens is 2. The van der Waals surface area contributed by atoms with Crippen LogP contribution in [0.2, 0.25) is 5.02 Å². The van der Waals surface area contributed by atoms with E-state index in [0.717, 1.165) is 25.2 Å². The van der Waals surface area contributed by atoms with E-state index in [-0.39, 0.29) is 18.2 Å². The van der Waals surface area contributed by atoms with Gasteiger partial charge in [-0.3, -0.25) is 4.79 Å². The molecule has 1 saturated heterocycles. The maximum absolute atomic E-state index is 12.2. The van der Waals surface area contributed by atoms with Gasteiger partial charge in [0, 0.05) is 23.6 Å². The lowest BCUT2D eigenvalue weighted by Crippen LogP contribution is -2.31. The third-order valence-corrected chi connectivity index (χ3v) is 4.37. The number of rotatable bonds is 5. The Kier molecular flexibility index (Phi) is 6.70. The van der Waals surface area contributed by atoms with Gasteiger partial charge in [-0.1, -0.05) is 18.0 Å². The van der Waals surface area contributed by atoms with Gasteiger partial charge in [0.15, 0.2) is 11.5 Å². The summed E-state index contributed by atoms with van der Waals surface area (Å²) < 4.78 is 5.70. The number of benzene rings is 1. The first-order valence-corrected chi connectivity index (χ1v) is 8.21. The molecule has 1 aliphatic heterocycles. The second-order valence-electron chi connectivity index (χ2n) is 5.75. The van der Waals surface area contributed by atoms with Crippen LogP contribution in [0.4, 0.5) is 0 Å². The zero-order valence-electron chi connectivity index (χ0n) is 13.0. The largest absolute Gasteiger partial charge is 0.453 e. The lowest BCUT2D eigenvalue weighted by atomic mass is 10.1. The number of hydrogen-bond acceptors (Lipinski definition) is 3. The zero-order chi connectivity index (χ0) is 15.4.